The summed E-state index contributed by atoms with van der Waals surface area (Å²) in [6, 6.07) is 3.15. The van der Waals surface area contributed by atoms with Crippen LogP contribution in [0.4, 0.5) is 14.5 Å². The van der Waals surface area contributed by atoms with Crippen molar-refractivity contribution in [3.63, 3.8) is 0 Å². The Balaban J connectivity index is 1.82. The lowest BCUT2D eigenvalue weighted by Gasteiger charge is -2.33. The van der Waals surface area contributed by atoms with Crippen LogP contribution in [0.3, 0.4) is 0 Å². The molecule has 1 aromatic carbocycles. The van der Waals surface area contributed by atoms with E-state index in [1.807, 2.05) is 11.8 Å². The molecule has 0 saturated carbocycles. The third-order valence-corrected chi connectivity index (χ3v) is 3.89. The zero-order valence-electron chi connectivity index (χ0n) is 12.1. The minimum absolute atomic E-state index is 0.142. The zero-order chi connectivity index (χ0) is 15.4. The maximum absolute atomic E-state index is 13.0. The smallest absolute Gasteiger partial charge is 0.238 e. The molecule has 1 aliphatic heterocycles. The molecule has 3 N–H and O–H groups in total. The van der Waals surface area contributed by atoms with Gasteiger partial charge in [-0.05, 0) is 50.9 Å². The van der Waals surface area contributed by atoms with E-state index in [2.05, 4.69) is 5.32 Å². The molecule has 0 aliphatic carbocycles. The second-order valence-electron chi connectivity index (χ2n) is 5.68. The summed E-state index contributed by atoms with van der Waals surface area (Å²) in [7, 11) is 0. The van der Waals surface area contributed by atoms with Gasteiger partial charge in [0.25, 0.3) is 0 Å². The molecule has 1 aromatic rings. The Hall–Kier alpha value is -1.53. The molecule has 116 valence electrons. The van der Waals surface area contributed by atoms with Gasteiger partial charge in [0, 0.05) is 17.8 Å². The molecule has 0 radical (unpaired) electrons. The summed E-state index contributed by atoms with van der Waals surface area (Å²) in [6.45, 7) is 3.86. The van der Waals surface area contributed by atoms with Crippen molar-refractivity contribution in [2.75, 3.05) is 25.0 Å². The van der Waals surface area contributed by atoms with Crippen LogP contribution in [-0.2, 0) is 4.79 Å². The van der Waals surface area contributed by atoms with Crippen molar-refractivity contribution in [3.8, 4) is 0 Å². The van der Waals surface area contributed by atoms with Crippen molar-refractivity contribution in [1.29, 1.82) is 0 Å². The molecule has 1 unspecified atom stereocenters. The fraction of sp³-hybridized carbons (Fsp3) is 0.533. The highest BCUT2D eigenvalue weighted by molar-refractivity contribution is 5.92. The highest BCUT2D eigenvalue weighted by Crippen LogP contribution is 2.19. The zero-order valence-corrected chi connectivity index (χ0v) is 12.1. The first-order valence-electron chi connectivity index (χ1n) is 7.18. The van der Waals surface area contributed by atoms with Crippen LogP contribution < -0.4 is 11.1 Å². The topological polar surface area (TPSA) is 58.4 Å². The van der Waals surface area contributed by atoms with E-state index in [1.165, 1.54) is 0 Å². The predicted molar refractivity (Wildman–Crippen MR) is 77.8 cm³/mol. The second kappa shape index (κ2) is 6.95. The van der Waals surface area contributed by atoms with Crippen molar-refractivity contribution in [3.05, 3.63) is 29.8 Å². The Kier molecular flexibility index (Phi) is 5.25. The van der Waals surface area contributed by atoms with Crippen molar-refractivity contribution in [1.82, 2.24) is 4.90 Å². The quantitative estimate of drug-likeness (QED) is 0.893. The Morgan fingerprint density at radius 3 is 2.43 bits per heavy atom. The van der Waals surface area contributed by atoms with Gasteiger partial charge in [-0.3, -0.25) is 9.69 Å². The van der Waals surface area contributed by atoms with E-state index in [0.29, 0.717) is 5.92 Å². The lowest BCUT2D eigenvalue weighted by molar-refractivity contribution is -0.117. The Morgan fingerprint density at radius 1 is 1.33 bits per heavy atom. The number of nitrogens with zero attached hydrogens (tertiary/aromatic N) is 1. The highest BCUT2D eigenvalue weighted by atomic mass is 19.1. The molecule has 0 spiro atoms. The Morgan fingerprint density at radius 2 is 1.90 bits per heavy atom. The molecule has 4 nitrogen and oxygen atoms in total. The maximum atomic E-state index is 13.0. The molecule has 1 fully saturated rings. The standard InChI is InChI=1S/C15H21F2N3O/c1-10(18)11-2-4-20(5-3-11)9-15(21)19-14-7-12(16)6-13(17)8-14/h6-8,10-11H,2-5,9,18H2,1H3,(H,19,21). The number of piperidine rings is 1. The number of nitrogens with two attached hydrogens (primary N) is 1. The van der Waals surface area contributed by atoms with Crippen LogP contribution in [0.15, 0.2) is 18.2 Å². The van der Waals surface area contributed by atoms with Gasteiger partial charge in [0.05, 0.1) is 6.54 Å². The summed E-state index contributed by atoms with van der Waals surface area (Å²) in [5, 5.41) is 2.52. The molecule has 6 heteroatoms. The first-order valence-corrected chi connectivity index (χ1v) is 7.18. The molecule has 2 rings (SSSR count). The molecule has 1 amide bonds. The normalized spacial score (nSPS) is 18.5. The summed E-state index contributed by atoms with van der Waals surface area (Å²) in [5.41, 5.74) is 6.02. The third-order valence-electron chi connectivity index (χ3n) is 3.89. The highest BCUT2D eigenvalue weighted by Gasteiger charge is 2.23. The number of halogens is 2. The van der Waals surface area contributed by atoms with Crippen molar-refractivity contribution < 1.29 is 13.6 Å². The number of likely N-dealkylation sites (tertiary alicyclic amines) is 1. The summed E-state index contributed by atoms with van der Waals surface area (Å²) < 4.78 is 26.1. The van der Waals surface area contributed by atoms with Crippen molar-refractivity contribution >= 4 is 11.6 Å². The molecule has 21 heavy (non-hydrogen) atoms. The number of rotatable bonds is 4. The average Bonchev–Trinajstić information content (AvgIpc) is 2.37. The molecule has 0 aromatic heterocycles. The second-order valence-corrected chi connectivity index (χ2v) is 5.68. The van der Waals surface area contributed by atoms with E-state index in [-0.39, 0.29) is 24.2 Å². The number of carbonyl (C=O) groups is 1. The van der Waals surface area contributed by atoms with E-state index in [0.717, 1.165) is 44.1 Å². The Labute approximate surface area is 123 Å². The lowest BCUT2D eigenvalue weighted by atomic mass is 9.91. The number of nitrogens with one attached hydrogen (secondary N) is 1. The van der Waals surface area contributed by atoms with E-state index >= 15 is 0 Å². The number of hydrogen-bond donors (Lipinski definition) is 2. The van der Waals surface area contributed by atoms with Crippen LogP contribution in [0.5, 0.6) is 0 Å². The summed E-state index contributed by atoms with van der Waals surface area (Å²) in [5.74, 6) is -1.17. The summed E-state index contributed by atoms with van der Waals surface area (Å²) in [4.78, 5) is 13.9. The molecule has 1 heterocycles. The maximum Gasteiger partial charge on any atom is 0.238 e. The van der Waals surface area contributed by atoms with E-state index in [1.54, 1.807) is 0 Å². The first kappa shape index (κ1) is 15.9. The van der Waals surface area contributed by atoms with Gasteiger partial charge in [0.15, 0.2) is 0 Å². The molecule has 1 atom stereocenters. The predicted octanol–water partition coefficient (Wildman–Crippen LogP) is 1.96. The van der Waals surface area contributed by atoms with Gasteiger partial charge in [-0.2, -0.15) is 0 Å². The fourth-order valence-electron chi connectivity index (χ4n) is 2.67. The van der Waals surface area contributed by atoms with Crippen molar-refractivity contribution in [2.45, 2.75) is 25.8 Å². The number of hydrogen-bond acceptors (Lipinski definition) is 3. The van der Waals surface area contributed by atoms with Gasteiger partial charge >= 0.3 is 0 Å². The van der Waals surface area contributed by atoms with Gasteiger partial charge in [-0.15, -0.1) is 0 Å². The molecular formula is C15H21F2N3O. The summed E-state index contributed by atoms with van der Waals surface area (Å²) in [6.07, 6.45) is 1.94. The number of carbonyl (C=O) groups excluding carboxylic acids is 1. The van der Waals surface area contributed by atoms with Crippen molar-refractivity contribution in [2.24, 2.45) is 11.7 Å². The summed E-state index contributed by atoms with van der Waals surface area (Å²) >= 11 is 0. The lowest BCUT2D eigenvalue weighted by Crippen LogP contribution is -2.42. The van der Waals surface area contributed by atoms with E-state index < -0.39 is 11.6 Å². The Bertz CT molecular complexity index is 479. The largest absolute Gasteiger partial charge is 0.328 e. The van der Waals surface area contributed by atoms with Crippen LogP contribution in [0.25, 0.3) is 0 Å². The van der Waals surface area contributed by atoms with Gasteiger partial charge < -0.3 is 11.1 Å². The number of anilines is 1. The fourth-order valence-corrected chi connectivity index (χ4v) is 2.67. The number of benzene rings is 1. The van der Waals surface area contributed by atoms with Crippen LogP contribution in [0.1, 0.15) is 19.8 Å². The SMILES string of the molecule is CC(N)C1CCN(CC(=O)Nc2cc(F)cc(F)c2)CC1. The molecular weight excluding hydrogens is 276 g/mol. The van der Waals surface area contributed by atoms with Gasteiger partial charge in [0.2, 0.25) is 5.91 Å². The van der Waals surface area contributed by atoms with E-state index in [9.17, 15) is 13.6 Å². The molecule has 1 aliphatic rings. The van der Waals surface area contributed by atoms with Gasteiger partial charge in [-0.1, -0.05) is 0 Å². The molecule has 1 saturated heterocycles. The first-order chi connectivity index (χ1) is 9.94. The van der Waals surface area contributed by atoms with Crippen LogP contribution >= 0.6 is 0 Å². The van der Waals surface area contributed by atoms with Gasteiger partial charge in [-0.25, -0.2) is 8.78 Å². The average molecular weight is 297 g/mol. The minimum atomic E-state index is -0.706. The molecule has 0 bridgehead atoms. The minimum Gasteiger partial charge on any atom is -0.328 e. The van der Waals surface area contributed by atoms with E-state index in [4.69, 9.17) is 5.73 Å². The number of amides is 1. The van der Waals surface area contributed by atoms with Crippen LogP contribution in [-0.4, -0.2) is 36.5 Å². The van der Waals surface area contributed by atoms with Crippen LogP contribution in [0.2, 0.25) is 0 Å². The monoisotopic (exact) mass is 297 g/mol. The third kappa shape index (κ3) is 4.75. The van der Waals surface area contributed by atoms with Crippen LogP contribution in [0, 0.1) is 17.6 Å². The van der Waals surface area contributed by atoms with Gasteiger partial charge in [0.1, 0.15) is 11.6 Å².